The first-order valence-corrected chi connectivity index (χ1v) is 4.56. The molecular weight excluding hydrogens is 194 g/mol. The molecule has 2 unspecified atom stereocenters. The van der Waals surface area contributed by atoms with Crippen LogP contribution in [0.3, 0.4) is 0 Å². The van der Waals surface area contributed by atoms with E-state index in [1.807, 2.05) is 0 Å². The van der Waals surface area contributed by atoms with Crippen LogP contribution in [0.4, 0.5) is 8.78 Å². The number of carbonyl (C=O) groups is 1. The molecule has 2 N–H and O–H groups in total. The van der Waals surface area contributed by atoms with Gasteiger partial charge in [0.15, 0.2) is 0 Å². The van der Waals surface area contributed by atoms with Gasteiger partial charge in [-0.15, -0.1) is 0 Å². The van der Waals surface area contributed by atoms with Crippen LogP contribution in [-0.2, 0) is 4.79 Å². The molecule has 2 heterocycles. The summed E-state index contributed by atoms with van der Waals surface area (Å²) in [5, 5.41) is 11.5. The molecule has 0 aromatic rings. The number of halogens is 2. The zero-order chi connectivity index (χ0) is 10.3. The minimum atomic E-state index is -2.65. The average Bonchev–Trinajstić information content (AvgIpc) is 2.36. The van der Waals surface area contributed by atoms with E-state index in [2.05, 4.69) is 5.32 Å². The van der Waals surface area contributed by atoms with Crippen molar-refractivity contribution >= 4 is 5.97 Å². The Morgan fingerprint density at radius 1 is 1.57 bits per heavy atom. The molecule has 0 radical (unpaired) electrons. The summed E-state index contributed by atoms with van der Waals surface area (Å²) in [5.74, 6) is -3.63. The minimum absolute atomic E-state index is 0.160. The normalized spacial score (nSPS) is 36.7. The van der Waals surface area contributed by atoms with Crippen molar-refractivity contribution in [2.24, 2.45) is 0 Å². The lowest BCUT2D eigenvalue weighted by Gasteiger charge is -2.33. The molecule has 2 fully saturated rings. The molecule has 6 heteroatoms. The molecule has 0 aromatic carbocycles. The molecule has 2 aliphatic heterocycles. The zero-order valence-electron chi connectivity index (χ0n) is 7.54. The first kappa shape index (κ1) is 9.79. The van der Waals surface area contributed by atoms with Crippen molar-refractivity contribution in [3.63, 3.8) is 0 Å². The zero-order valence-corrected chi connectivity index (χ0v) is 7.54. The van der Waals surface area contributed by atoms with Gasteiger partial charge < -0.3 is 10.4 Å². The van der Waals surface area contributed by atoms with E-state index in [1.54, 1.807) is 4.90 Å². The van der Waals surface area contributed by atoms with Crippen LogP contribution in [0.1, 0.15) is 6.42 Å². The number of carboxylic acids is 1. The van der Waals surface area contributed by atoms with Gasteiger partial charge in [-0.1, -0.05) is 0 Å². The second-order valence-electron chi connectivity index (χ2n) is 3.94. The number of alkyl halides is 2. The highest BCUT2D eigenvalue weighted by atomic mass is 19.3. The maximum atomic E-state index is 13.0. The van der Waals surface area contributed by atoms with Gasteiger partial charge in [-0.05, 0) is 0 Å². The number of carboxylic acid groups (broad SMARTS) is 1. The van der Waals surface area contributed by atoms with E-state index in [9.17, 15) is 13.6 Å². The highest BCUT2D eigenvalue weighted by molar-refractivity contribution is 5.74. The van der Waals surface area contributed by atoms with Crippen molar-refractivity contribution < 1.29 is 18.7 Å². The number of nitrogens with zero attached hydrogens (tertiary/aromatic N) is 1. The van der Waals surface area contributed by atoms with Crippen LogP contribution in [0.25, 0.3) is 0 Å². The highest BCUT2D eigenvalue weighted by Crippen LogP contribution is 2.32. The van der Waals surface area contributed by atoms with Crippen LogP contribution < -0.4 is 5.32 Å². The summed E-state index contributed by atoms with van der Waals surface area (Å²) in [5.41, 5.74) is 0. The summed E-state index contributed by atoms with van der Waals surface area (Å²) < 4.78 is 25.9. The molecule has 0 aromatic heterocycles. The van der Waals surface area contributed by atoms with E-state index in [-0.39, 0.29) is 25.6 Å². The Hall–Kier alpha value is -0.750. The van der Waals surface area contributed by atoms with Crippen molar-refractivity contribution in [3.8, 4) is 0 Å². The Kier molecular flexibility index (Phi) is 2.19. The SMILES string of the molecule is O=C(O)C1CN2CC(F)(F)CC2CN1. The van der Waals surface area contributed by atoms with Crippen molar-refractivity contribution in [2.75, 3.05) is 19.6 Å². The maximum Gasteiger partial charge on any atom is 0.322 e. The van der Waals surface area contributed by atoms with Crippen molar-refractivity contribution in [3.05, 3.63) is 0 Å². The first-order chi connectivity index (χ1) is 6.48. The van der Waals surface area contributed by atoms with Gasteiger partial charge in [0.2, 0.25) is 0 Å². The molecule has 2 rings (SSSR count). The lowest BCUT2D eigenvalue weighted by molar-refractivity contribution is -0.141. The van der Waals surface area contributed by atoms with Gasteiger partial charge in [0, 0.05) is 25.6 Å². The van der Waals surface area contributed by atoms with E-state index >= 15 is 0 Å². The second-order valence-corrected chi connectivity index (χ2v) is 3.94. The maximum absolute atomic E-state index is 13.0. The van der Waals surface area contributed by atoms with Gasteiger partial charge in [0.25, 0.3) is 5.92 Å². The molecule has 2 saturated heterocycles. The van der Waals surface area contributed by atoms with Crippen LogP contribution in [0.2, 0.25) is 0 Å². The number of piperazine rings is 1. The Labute approximate surface area is 79.9 Å². The number of aliphatic carboxylic acids is 1. The largest absolute Gasteiger partial charge is 0.480 e. The molecular formula is C8H12F2N2O2. The Morgan fingerprint density at radius 2 is 2.29 bits per heavy atom. The number of hydrogen-bond donors (Lipinski definition) is 2. The first-order valence-electron chi connectivity index (χ1n) is 4.56. The summed E-state index contributed by atoms with van der Waals surface area (Å²) in [6.45, 7) is 0.214. The minimum Gasteiger partial charge on any atom is -0.480 e. The number of hydrogen-bond acceptors (Lipinski definition) is 3. The predicted molar refractivity (Wildman–Crippen MR) is 44.4 cm³/mol. The molecule has 0 saturated carbocycles. The fourth-order valence-electron chi connectivity index (χ4n) is 2.12. The van der Waals surface area contributed by atoms with Crippen LogP contribution in [-0.4, -0.2) is 53.6 Å². The topological polar surface area (TPSA) is 52.6 Å². The third kappa shape index (κ3) is 1.72. The average molecular weight is 206 g/mol. The van der Waals surface area contributed by atoms with Gasteiger partial charge in [-0.25, -0.2) is 8.78 Å². The Balaban J connectivity index is 2.01. The number of rotatable bonds is 1. The lowest BCUT2D eigenvalue weighted by atomic mass is 10.1. The van der Waals surface area contributed by atoms with Crippen molar-refractivity contribution in [1.29, 1.82) is 0 Å². The Bertz CT molecular complexity index is 260. The van der Waals surface area contributed by atoms with E-state index in [0.717, 1.165) is 0 Å². The molecule has 0 amide bonds. The van der Waals surface area contributed by atoms with Crippen molar-refractivity contribution in [1.82, 2.24) is 10.2 Å². The van der Waals surface area contributed by atoms with Crippen LogP contribution in [0, 0.1) is 0 Å². The molecule has 4 nitrogen and oxygen atoms in total. The summed E-state index contributed by atoms with van der Waals surface area (Å²) in [7, 11) is 0. The molecule has 2 aliphatic rings. The fraction of sp³-hybridized carbons (Fsp3) is 0.875. The van der Waals surface area contributed by atoms with Gasteiger partial charge >= 0.3 is 5.97 Å². The van der Waals surface area contributed by atoms with Crippen LogP contribution in [0.15, 0.2) is 0 Å². The van der Waals surface area contributed by atoms with E-state index in [1.165, 1.54) is 0 Å². The highest BCUT2D eigenvalue weighted by Gasteiger charge is 2.47. The summed E-state index contributed by atoms with van der Waals surface area (Å²) in [6.07, 6.45) is -0.160. The number of fused-ring (bicyclic) bond motifs is 1. The van der Waals surface area contributed by atoms with E-state index in [4.69, 9.17) is 5.11 Å². The third-order valence-corrected chi connectivity index (χ3v) is 2.80. The van der Waals surface area contributed by atoms with Crippen LogP contribution in [0.5, 0.6) is 0 Å². The summed E-state index contributed by atoms with van der Waals surface area (Å²) in [4.78, 5) is 12.2. The standard InChI is InChI=1S/C8H12F2N2O2/c9-8(10)1-5-2-11-6(7(13)14)3-12(5)4-8/h5-6,11H,1-4H2,(H,13,14). The smallest absolute Gasteiger partial charge is 0.322 e. The van der Waals surface area contributed by atoms with Gasteiger partial charge in [-0.3, -0.25) is 9.69 Å². The molecule has 2 atom stereocenters. The monoisotopic (exact) mass is 206 g/mol. The quantitative estimate of drug-likeness (QED) is 0.621. The molecule has 14 heavy (non-hydrogen) atoms. The summed E-state index contributed by atoms with van der Waals surface area (Å²) in [6, 6.07) is -0.916. The molecule has 0 spiro atoms. The Morgan fingerprint density at radius 3 is 2.93 bits per heavy atom. The van der Waals surface area contributed by atoms with Gasteiger partial charge in [-0.2, -0.15) is 0 Å². The molecule has 0 bridgehead atoms. The fourth-order valence-corrected chi connectivity index (χ4v) is 2.12. The summed E-state index contributed by atoms with van der Waals surface area (Å²) >= 11 is 0. The van der Waals surface area contributed by atoms with Gasteiger partial charge in [0.05, 0.1) is 6.54 Å². The number of nitrogens with one attached hydrogen (secondary N) is 1. The molecule has 80 valence electrons. The predicted octanol–water partition coefficient (Wildman–Crippen LogP) is -0.248. The van der Waals surface area contributed by atoms with Crippen LogP contribution >= 0.6 is 0 Å². The second kappa shape index (κ2) is 3.13. The van der Waals surface area contributed by atoms with E-state index in [0.29, 0.717) is 6.54 Å². The lowest BCUT2D eigenvalue weighted by Crippen LogP contribution is -2.56. The van der Waals surface area contributed by atoms with E-state index < -0.39 is 17.9 Å². The third-order valence-electron chi connectivity index (χ3n) is 2.80. The van der Waals surface area contributed by atoms with Crippen molar-refractivity contribution in [2.45, 2.75) is 24.4 Å². The molecule has 0 aliphatic carbocycles. The van der Waals surface area contributed by atoms with Gasteiger partial charge in [0.1, 0.15) is 6.04 Å².